The van der Waals surface area contributed by atoms with Gasteiger partial charge in [-0.05, 0) is 61.7 Å². The predicted molar refractivity (Wildman–Crippen MR) is 115 cm³/mol. The van der Waals surface area contributed by atoms with Gasteiger partial charge in [-0.2, -0.15) is 0 Å². The first-order valence-corrected chi connectivity index (χ1v) is 11.2. The van der Waals surface area contributed by atoms with Crippen LogP contribution in [0.1, 0.15) is 47.9 Å². The van der Waals surface area contributed by atoms with Crippen molar-refractivity contribution in [2.45, 2.75) is 38.1 Å². The van der Waals surface area contributed by atoms with Crippen molar-refractivity contribution in [1.29, 1.82) is 0 Å². The monoisotopic (exact) mass is 425 g/mol. The number of nitrogens with zero attached hydrogens (tertiary/aromatic N) is 1. The third-order valence-corrected chi connectivity index (χ3v) is 7.21. The second kappa shape index (κ2) is 7.28. The summed E-state index contributed by atoms with van der Waals surface area (Å²) >= 11 is 0. The topological polar surface area (TPSA) is 99.3 Å². The van der Waals surface area contributed by atoms with Crippen molar-refractivity contribution in [2.75, 3.05) is 4.31 Å². The summed E-state index contributed by atoms with van der Waals surface area (Å²) in [5.41, 5.74) is 1.74. The van der Waals surface area contributed by atoms with Crippen molar-refractivity contribution in [2.24, 2.45) is 5.92 Å². The van der Waals surface area contributed by atoms with E-state index >= 15 is 0 Å². The number of aromatic amines is 1. The molecule has 2 heterocycles. The number of hydrogen-bond acceptors (Lipinski definition) is 4. The summed E-state index contributed by atoms with van der Waals surface area (Å²) in [5, 5.41) is 3.10. The number of nitrogens with one attached hydrogen (secondary N) is 2. The van der Waals surface area contributed by atoms with Crippen LogP contribution >= 0.6 is 0 Å². The molecule has 1 unspecified atom stereocenters. The maximum Gasteiger partial charge on any atom is 0.264 e. The van der Waals surface area contributed by atoms with Crippen molar-refractivity contribution in [3.63, 3.8) is 0 Å². The van der Waals surface area contributed by atoms with E-state index in [1.54, 1.807) is 12.3 Å². The van der Waals surface area contributed by atoms with E-state index in [0.29, 0.717) is 12.1 Å². The number of amides is 2. The molecule has 1 aromatic heterocycles. The van der Waals surface area contributed by atoms with E-state index in [1.807, 2.05) is 39.0 Å². The van der Waals surface area contributed by atoms with Crippen LogP contribution in [0, 0.1) is 5.92 Å². The molecule has 30 heavy (non-hydrogen) atoms. The Morgan fingerprint density at radius 3 is 2.40 bits per heavy atom. The molecule has 0 bridgehead atoms. The van der Waals surface area contributed by atoms with Crippen LogP contribution < -0.4 is 9.62 Å². The Morgan fingerprint density at radius 2 is 1.67 bits per heavy atom. The standard InChI is InChI=1S/C22H23N3O4S/c1-13(2)10-14(3)25(16-4-7-20-15(11-16)8-9-23-20)30(28,29)17-5-6-18-19(12-17)22(27)24-21(18)26/h4-9,11-14,23H,10H2,1-3H3,(H,24,26,27). The SMILES string of the molecule is CC(C)CC(C)N(c1ccc2[nH]ccc2c1)S(=O)(=O)c1ccc2c(c1)C(=O)NC2=O. The van der Waals surface area contributed by atoms with Crippen LogP contribution in [0.5, 0.6) is 0 Å². The summed E-state index contributed by atoms with van der Waals surface area (Å²) in [7, 11) is -3.98. The fourth-order valence-corrected chi connectivity index (χ4v) is 5.69. The van der Waals surface area contributed by atoms with E-state index in [0.717, 1.165) is 10.9 Å². The average molecular weight is 426 g/mol. The predicted octanol–water partition coefficient (Wildman–Crippen LogP) is 3.68. The molecule has 2 amide bonds. The Kier molecular flexibility index (Phi) is 4.89. The van der Waals surface area contributed by atoms with Crippen LogP contribution in [0.4, 0.5) is 5.69 Å². The number of H-pyrrole nitrogens is 1. The Balaban J connectivity index is 1.84. The molecule has 0 radical (unpaired) electrons. The highest BCUT2D eigenvalue weighted by Crippen LogP contribution is 2.32. The number of carbonyl (C=O) groups is 2. The molecule has 1 atom stereocenters. The molecule has 4 rings (SSSR count). The Morgan fingerprint density at radius 1 is 0.933 bits per heavy atom. The summed E-state index contributed by atoms with van der Waals surface area (Å²) < 4.78 is 28.9. The van der Waals surface area contributed by atoms with Gasteiger partial charge in [-0.25, -0.2) is 8.42 Å². The van der Waals surface area contributed by atoms with Gasteiger partial charge >= 0.3 is 0 Å². The van der Waals surface area contributed by atoms with Crippen LogP contribution in [-0.2, 0) is 10.0 Å². The molecule has 0 saturated heterocycles. The summed E-state index contributed by atoms with van der Waals surface area (Å²) in [6.45, 7) is 5.96. The number of hydrogen-bond donors (Lipinski definition) is 2. The molecule has 7 nitrogen and oxygen atoms in total. The first-order valence-electron chi connectivity index (χ1n) is 9.80. The zero-order valence-electron chi connectivity index (χ0n) is 17.0. The molecule has 2 N–H and O–H groups in total. The molecule has 156 valence electrons. The fraction of sp³-hybridized carbons (Fsp3) is 0.273. The second-order valence-electron chi connectivity index (χ2n) is 8.02. The van der Waals surface area contributed by atoms with Crippen molar-refractivity contribution < 1.29 is 18.0 Å². The first-order chi connectivity index (χ1) is 14.2. The van der Waals surface area contributed by atoms with E-state index in [9.17, 15) is 18.0 Å². The zero-order chi connectivity index (χ0) is 21.6. The Labute approximate surface area is 175 Å². The molecule has 0 spiro atoms. The minimum atomic E-state index is -3.98. The highest BCUT2D eigenvalue weighted by molar-refractivity contribution is 7.92. The lowest BCUT2D eigenvalue weighted by Gasteiger charge is -2.31. The van der Waals surface area contributed by atoms with Gasteiger partial charge in [0.15, 0.2) is 0 Å². The number of aromatic nitrogens is 1. The molecule has 1 aliphatic heterocycles. The molecule has 0 fully saturated rings. The molecule has 2 aromatic carbocycles. The van der Waals surface area contributed by atoms with Crippen molar-refractivity contribution in [1.82, 2.24) is 10.3 Å². The van der Waals surface area contributed by atoms with Gasteiger partial charge in [-0.15, -0.1) is 0 Å². The molecule has 8 heteroatoms. The van der Waals surface area contributed by atoms with Gasteiger partial charge in [0.1, 0.15) is 0 Å². The van der Waals surface area contributed by atoms with Gasteiger partial charge in [-0.1, -0.05) is 13.8 Å². The van der Waals surface area contributed by atoms with E-state index in [2.05, 4.69) is 10.3 Å². The van der Waals surface area contributed by atoms with E-state index in [-0.39, 0.29) is 28.0 Å². The van der Waals surface area contributed by atoms with Gasteiger partial charge in [0.2, 0.25) is 0 Å². The van der Waals surface area contributed by atoms with Crippen molar-refractivity contribution in [3.05, 3.63) is 59.8 Å². The van der Waals surface area contributed by atoms with E-state index in [1.165, 1.54) is 22.5 Å². The van der Waals surface area contributed by atoms with E-state index < -0.39 is 21.8 Å². The van der Waals surface area contributed by atoms with Gasteiger partial charge in [0.25, 0.3) is 21.8 Å². The van der Waals surface area contributed by atoms with Crippen molar-refractivity contribution >= 4 is 38.4 Å². The summed E-state index contributed by atoms with van der Waals surface area (Å²) in [6, 6.07) is 11.1. The van der Waals surface area contributed by atoms with Gasteiger partial charge in [0, 0.05) is 23.1 Å². The number of anilines is 1. The molecule has 1 aliphatic rings. The van der Waals surface area contributed by atoms with E-state index in [4.69, 9.17) is 0 Å². The molecule has 0 aliphatic carbocycles. The summed E-state index contributed by atoms with van der Waals surface area (Å²) in [5.74, 6) is -0.804. The van der Waals surface area contributed by atoms with Crippen LogP contribution in [0.15, 0.2) is 53.6 Å². The lowest BCUT2D eigenvalue weighted by molar-refractivity contribution is 0.0879. The third kappa shape index (κ3) is 3.37. The smallest absolute Gasteiger partial charge is 0.264 e. The zero-order valence-corrected chi connectivity index (χ0v) is 17.8. The summed E-state index contributed by atoms with van der Waals surface area (Å²) in [6.07, 6.45) is 2.47. The lowest BCUT2D eigenvalue weighted by Crippen LogP contribution is -2.39. The maximum absolute atomic E-state index is 13.7. The average Bonchev–Trinajstić information content (AvgIpc) is 3.25. The largest absolute Gasteiger partial charge is 0.361 e. The third-order valence-electron chi connectivity index (χ3n) is 5.27. The van der Waals surface area contributed by atoms with Crippen LogP contribution in [-0.4, -0.2) is 31.3 Å². The van der Waals surface area contributed by atoms with Crippen molar-refractivity contribution in [3.8, 4) is 0 Å². The number of fused-ring (bicyclic) bond motifs is 2. The molecular weight excluding hydrogens is 402 g/mol. The van der Waals surface area contributed by atoms with Gasteiger partial charge in [-0.3, -0.25) is 19.2 Å². The normalized spacial score (nSPS) is 14.8. The second-order valence-corrected chi connectivity index (χ2v) is 9.83. The number of benzene rings is 2. The van der Waals surface area contributed by atoms with Crippen LogP contribution in [0.2, 0.25) is 0 Å². The molecule has 3 aromatic rings. The molecular formula is C22H23N3O4S. The first kappa shape index (κ1) is 20.2. The number of sulfonamides is 1. The number of rotatable bonds is 6. The fourth-order valence-electron chi connectivity index (χ4n) is 4.01. The highest BCUT2D eigenvalue weighted by Gasteiger charge is 2.33. The van der Waals surface area contributed by atoms with Gasteiger partial charge < -0.3 is 4.98 Å². The minimum absolute atomic E-state index is 0.0177. The van der Waals surface area contributed by atoms with Crippen LogP contribution in [0.3, 0.4) is 0 Å². The highest BCUT2D eigenvalue weighted by atomic mass is 32.2. The summed E-state index contributed by atoms with van der Waals surface area (Å²) in [4.78, 5) is 27.0. The lowest BCUT2D eigenvalue weighted by atomic mass is 10.0. The Hall–Kier alpha value is -3.13. The Bertz CT molecular complexity index is 1260. The van der Waals surface area contributed by atoms with Crippen LogP contribution in [0.25, 0.3) is 10.9 Å². The minimum Gasteiger partial charge on any atom is -0.361 e. The maximum atomic E-state index is 13.7. The number of imide groups is 1. The molecule has 0 saturated carbocycles. The number of carbonyl (C=O) groups excluding carboxylic acids is 2. The van der Waals surface area contributed by atoms with Gasteiger partial charge in [0.05, 0.1) is 21.7 Å². The quantitative estimate of drug-likeness (QED) is 0.589.